The molecule has 518 valence electrons. The smallest absolute Gasteiger partial charge is 0.372 e. The highest BCUT2D eigenvalue weighted by molar-refractivity contribution is 8.93. The van der Waals surface area contributed by atoms with Crippen molar-refractivity contribution in [2.24, 2.45) is 5.92 Å². The van der Waals surface area contributed by atoms with Gasteiger partial charge >= 0.3 is 59.7 Å². The number of aromatic carboxylic acids is 3. The van der Waals surface area contributed by atoms with Crippen LogP contribution in [0.2, 0.25) is 0 Å². The molecular weight excluding hydrogens is 1400 g/mol. The number of hydrogen-bond acceptors (Lipinski definition) is 21. The molecule has 1 unspecified atom stereocenters. The van der Waals surface area contributed by atoms with Gasteiger partial charge in [-0.25, -0.2) is 33.6 Å². The van der Waals surface area contributed by atoms with Crippen LogP contribution < -0.4 is 16.4 Å². The van der Waals surface area contributed by atoms with Crippen LogP contribution in [0.5, 0.6) is 11.5 Å². The van der Waals surface area contributed by atoms with Crippen molar-refractivity contribution in [1.82, 2.24) is 5.32 Å². The highest BCUT2D eigenvalue weighted by Crippen LogP contribution is 2.28. The van der Waals surface area contributed by atoms with Gasteiger partial charge in [-0.3, -0.25) is 33.3 Å². The third-order valence-electron chi connectivity index (χ3n) is 8.60. The summed E-state index contributed by atoms with van der Waals surface area (Å²) in [4.78, 5) is 130. The molecule has 0 saturated carbocycles. The lowest BCUT2D eigenvalue weighted by Crippen LogP contribution is -2.29. The molecule has 39 heteroatoms. The molecule has 0 bridgehead atoms. The first-order valence-corrected chi connectivity index (χ1v) is 26.8. The Morgan fingerprint density at radius 2 is 1.02 bits per heavy atom. The molecule has 5 aromatic rings. The van der Waals surface area contributed by atoms with Crippen LogP contribution in [0, 0.1) is 5.92 Å². The van der Waals surface area contributed by atoms with Gasteiger partial charge < -0.3 is 93.0 Å². The van der Waals surface area contributed by atoms with Crippen LogP contribution in [0.4, 0.5) is 11.4 Å². The van der Waals surface area contributed by atoms with Crippen molar-refractivity contribution < 1.29 is 152 Å². The van der Waals surface area contributed by atoms with E-state index in [0.717, 1.165) is 5.39 Å². The second-order valence-electron chi connectivity index (χ2n) is 16.4. The molecule has 0 fully saturated rings. The van der Waals surface area contributed by atoms with E-state index in [1.807, 2.05) is 12.1 Å². The maximum Gasteiger partial charge on any atom is 0.372 e. The Morgan fingerprint density at radius 1 is 0.581 bits per heavy atom. The van der Waals surface area contributed by atoms with Gasteiger partial charge in [0.25, 0.3) is 16.0 Å². The van der Waals surface area contributed by atoms with E-state index in [1.54, 1.807) is 74.5 Å². The quantitative estimate of drug-likeness (QED) is 0.0268. The number of Topliss-reactive ketones (excluding diaryl/α,β-unsaturated/α-hetero) is 1. The molecule has 2 amide bonds. The number of anilines is 2. The second kappa shape index (κ2) is 54.0. The highest BCUT2D eigenvalue weighted by Gasteiger charge is 2.14. The Balaban J connectivity index is -0.000000180. The zero-order valence-electron chi connectivity index (χ0n) is 48.7. The number of nitrogen functional groups attached to an aromatic ring is 1. The first kappa shape index (κ1) is 96.8. The lowest BCUT2D eigenvalue weighted by Gasteiger charge is -2.03. The van der Waals surface area contributed by atoms with Crippen LogP contribution in [0.1, 0.15) is 82.0 Å². The van der Waals surface area contributed by atoms with E-state index in [2.05, 4.69) is 10.6 Å². The monoisotopic (exact) mass is 1470 g/mol. The van der Waals surface area contributed by atoms with Crippen LogP contribution in [0.15, 0.2) is 109 Å². The number of phenols is 2. The fraction of sp³-hybridized carbons (Fsp3) is 0.241. The topological polar surface area (TPSA) is 630 Å². The molecule has 5 aromatic carbocycles. The average Bonchev–Trinajstić information content (AvgIpc) is 0.858. The number of aliphatic carboxylic acids is 7. The number of benzene rings is 5. The molecule has 20 N–H and O–H groups in total. The first-order valence-electron chi connectivity index (χ1n) is 24.3. The molecule has 0 aliphatic heterocycles. The fourth-order valence-electron chi connectivity index (χ4n) is 4.35. The van der Waals surface area contributed by atoms with Crippen molar-refractivity contribution in [3.63, 3.8) is 0 Å². The molecule has 0 aromatic heterocycles. The van der Waals surface area contributed by atoms with Gasteiger partial charge in [0.2, 0.25) is 16.5 Å². The van der Waals surface area contributed by atoms with Crippen molar-refractivity contribution in [3.05, 3.63) is 131 Å². The number of nitrogens with one attached hydrogen (secondary N) is 2. The average molecular weight is 1470 g/mol. The summed E-state index contributed by atoms with van der Waals surface area (Å²) in [6.45, 7) is 4.21. The number of aliphatic hydroxyl groups is 3. The number of alkyl halides is 2. The number of ketones is 1. The molecule has 0 aliphatic carbocycles. The number of aromatic hydroxyl groups is 2. The molecular formula is C54H67BrCl3N3O31S. The minimum Gasteiger partial charge on any atom is -0.507 e. The molecule has 1 atom stereocenters. The molecule has 0 heterocycles. The standard InChI is InChI=1S/C11H8O3.2C9H9NO3.C7H7NO3.C5H6O5.C4H8O2.C3H6O3.C2H2Cl2O2.C2H6O4S.C2H4O3.BrH.ClH/c12-10-8-4-2-1-3-7(8)5-6-9(10)11(13)14;1-6(11)10-8-4-2-7(3-5-8)9(12)13;11-8(12)6-10-9(13)7-4-2-1-3-5-7;8-4-1-2-5(7(10)11)6(9)3-4;6-3(5(9)10)1-2-4(7)8;1-3(2)4(5)6;1-2(4)3(5)6;3-1(4)2(5)6;3-1-2-7(4,5)6;3-1-2(4)5;;/h1-6,12H,(H,13,14);2-5H,1H3,(H,10,11)(H,12,13);1-5H,6H2,(H,10,13)(H,11,12);1-3,9H,8H2,(H,10,11);1-2H2,(H,7,8)(H,9,10);3H,1-2H3,(H,5,6);2,4H,1H3,(H,5,6);1H,(H,5,6);3H,1-2H2,(H,4,5,6);3H,1H2,(H,4,5);2*1H. The number of amides is 2. The Morgan fingerprint density at radius 3 is 1.34 bits per heavy atom. The van der Waals surface area contributed by atoms with Crippen molar-refractivity contribution in [2.45, 2.75) is 51.5 Å². The normalized spacial score (nSPS) is 9.55. The van der Waals surface area contributed by atoms with Crippen molar-refractivity contribution in [3.8, 4) is 11.5 Å². The van der Waals surface area contributed by atoms with E-state index in [4.69, 9.17) is 110 Å². The number of aliphatic hydroxyl groups excluding tert-OH is 3. The minimum absolute atomic E-state index is 0. The molecule has 34 nitrogen and oxygen atoms in total. The molecule has 0 saturated heterocycles. The zero-order valence-corrected chi connectivity index (χ0v) is 53.6. The number of fused-ring (bicyclic) bond motifs is 1. The first-order chi connectivity index (χ1) is 41.9. The maximum atomic E-state index is 11.2. The molecule has 0 radical (unpaired) electrons. The van der Waals surface area contributed by atoms with Crippen molar-refractivity contribution in [1.29, 1.82) is 0 Å². The lowest BCUT2D eigenvalue weighted by molar-refractivity contribution is -0.150. The van der Waals surface area contributed by atoms with Gasteiger partial charge in [0, 0.05) is 41.7 Å². The zero-order chi connectivity index (χ0) is 71.9. The van der Waals surface area contributed by atoms with E-state index in [-0.39, 0.29) is 81.9 Å². The molecule has 0 aliphatic rings. The highest BCUT2D eigenvalue weighted by atomic mass is 79.9. The summed E-state index contributed by atoms with van der Waals surface area (Å²) >= 11 is 9.56. The number of nitrogens with two attached hydrogens (primary N) is 1. The van der Waals surface area contributed by atoms with Crippen molar-refractivity contribution in [2.75, 3.05) is 36.6 Å². The third kappa shape index (κ3) is 56.0. The number of hydrogen-bond donors (Lipinski definition) is 19. The minimum atomic E-state index is -3.92. The number of halogens is 4. The Labute approximate surface area is 553 Å². The van der Waals surface area contributed by atoms with Crippen LogP contribution in [-0.2, 0) is 53.3 Å². The lowest BCUT2D eigenvalue weighted by atomic mass is 10.1. The van der Waals surface area contributed by atoms with Gasteiger partial charge in [0.05, 0.1) is 30.3 Å². The summed E-state index contributed by atoms with van der Waals surface area (Å²) in [6.07, 6.45) is -2.10. The summed E-state index contributed by atoms with van der Waals surface area (Å²) in [6, 6.07) is 28.5. The largest absolute Gasteiger partial charge is 0.507 e. The predicted molar refractivity (Wildman–Crippen MR) is 336 cm³/mol. The third-order valence-corrected chi connectivity index (χ3v) is 9.67. The van der Waals surface area contributed by atoms with Crippen LogP contribution in [-0.4, -0.2) is 203 Å². The van der Waals surface area contributed by atoms with E-state index >= 15 is 0 Å². The van der Waals surface area contributed by atoms with Gasteiger partial charge in [0.15, 0.2) is 0 Å². The fourth-order valence-corrected chi connectivity index (χ4v) is 4.58. The van der Waals surface area contributed by atoms with E-state index in [1.165, 1.54) is 50.2 Å². The Bertz CT molecular complexity index is 3260. The Kier molecular flexibility index (Phi) is 56.2. The van der Waals surface area contributed by atoms with Gasteiger partial charge in [0.1, 0.15) is 41.9 Å². The van der Waals surface area contributed by atoms with E-state index in [0.29, 0.717) is 22.3 Å². The summed E-state index contributed by atoms with van der Waals surface area (Å²) in [5.41, 5.74) is 6.67. The number of carboxylic acids is 10. The Hall–Kier alpha value is -9.79. The number of rotatable bonds is 17. The van der Waals surface area contributed by atoms with Gasteiger partial charge in [-0.05, 0) is 66.9 Å². The number of carbonyl (C=O) groups is 13. The SMILES string of the molecule is Br.CC(=O)Nc1ccc(C(=O)O)cc1.CC(C)C(=O)O.CC(O)C(=O)O.Cl.Nc1ccc(C(=O)O)c(O)c1.O=C(O)C(Cl)Cl.O=C(O)CCC(=O)C(=O)O.O=C(O)CNC(=O)c1ccccc1.O=C(O)CO.O=C(O)c1ccc2ccccc2c1O.O=S(=O)(O)CCO. The summed E-state index contributed by atoms with van der Waals surface area (Å²) in [5, 5.41) is 129. The van der Waals surface area contributed by atoms with Crippen LogP contribution in [0.25, 0.3) is 10.8 Å². The maximum absolute atomic E-state index is 11.2. The number of carbonyl (C=O) groups excluding carboxylic acids is 3. The summed E-state index contributed by atoms with van der Waals surface area (Å²) in [7, 11) is -3.92. The molecule has 93 heavy (non-hydrogen) atoms. The van der Waals surface area contributed by atoms with Crippen molar-refractivity contribution >= 4 is 162 Å². The van der Waals surface area contributed by atoms with Crippen LogP contribution in [0.3, 0.4) is 0 Å². The second-order valence-corrected chi connectivity index (χ2v) is 19.1. The van der Waals surface area contributed by atoms with E-state index in [9.17, 15) is 71.1 Å². The predicted octanol–water partition coefficient (Wildman–Crippen LogP) is 4.25. The summed E-state index contributed by atoms with van der Waals surface area (Å²) in [5.74, 6) is -14.3. The molecule has 0 spiro atoms. The van der Waals surface area contributed by atoms with Gasteiger partial charge in [-0.1, -0.05) is 85.6 Å². The van der Waals surface area contributed by atoms with Crippen LogP contribution >= 0.6 is 52.6 Å². The summed E-state index contributed by atoms with van der Waals surface area (Å²) < 4.78 is 27.1. The van der Waals surface area contributed by atoms with E-state index < -0.39 is 118 Å². The number of carboxylic acid groups (broad SMARTS) is 10. The molecule has 5 rings (SSSR count). The van der Waals surface area contributed by atoms with Gasteiger partial charge in [-0.2, -0.15) is 8.42 Å². The van der Waals surface area contributed by atoms with Gasteiger partial charge in [-0.15, -0.1) is 29.4 Å².